The number of hydrogen-bond acceptors (Lipinski definition) is 2. The van der Waals surface area contributed by atoms with E-state index < -0.39 is 0 Å². The second-order valence-corrected chi connectivity index (χ2v) is 6.07. The van der Waals surface area contributed by atoms with Gasteiger partial charge in [-0.15, -0.1) is 0 Å². The van der Waals surface area contributed by atoms with Crippen LogP contribution < -0.4 is 4.90 Å². The van der Waals surface area contributed by atoms with E-state index in [-0.39, 0.29) is 24.2 Å². The van der Waals surface area contributed by atoms with Gasteiger partial charge in [-0.05, 0) is 30.2 Å². The molecule has 5 heteroatoms. The maximum absolute atomic E-state index is 12.5. The van der Waals surface area contributed by atoms with E-state index in [0.717, 1.165) is 5.56 Å². The maximum atomic E-state index is 12.5. The first-order valence-corrected chi connectivity index (χ1v) is 7.67. The second-order valence-electron chi connectivity index (χ2n) is 5.26. The highest BCUT2D eigenvalue weighted by Crippen LogP contribution is 2.32. The van der Waals surface area contributed by atoms with Crippen LogP contribution in [0, 0.1) is 5.92 Å². The van der Waals surface area contributed by atoms with Crippen LogP contribution in [0.1, 0.15) is 12.0 Å². The minimum Gasteiger partial charge on any atom is -0.274 e. The molecular formula is C17H13Cl2NO2. The number of halogens is 2. The molecule has 1 fully saturated rings. The van der Waals surface area contributed by atoms with Crippen LogP contribution in [0.15, 0.2) is 48.5 Å². The molecule has 1 atom stereocenters. The van der Waals surface area contributed by atoms with Gasteiger partial charge in [0.05, 0.1) is 21.7 Å². The molecule has 1 aliphatic heterocycles. The largest absolute Gasteiger partial charge is 0.274 e. The maximum Gasteiger partial charge on any atom is 0.237 e. The topological polar surface area (TPSA) is 37.4 Å². The van der Waals surface area contributed by atoms with Crippen molar-refractivity contribution >= 4 is 40.7 Å². The van der Waals surface area contributed by atoms with Crippen LogP contribution >= 0.6 is 23.2 Å². The van der Waals surface area contributed by atoms with E-state index in [2.05, 4.69) is 0 Å². The number of imide groups is 1. The highest BCUT2D eigenvalue weighted by Gasteiger charge is 2.39. The molecule has 0 aliphatic carbocycles. The lowest BCUT2D eigenvalue weighted by molar-refractivity contribution is -0.122. The van der Waals surface area contributed by atoms with E-state index >= 15 is 0 Å². The third-order valence-corrected chi connectivity index (χ3v) is 4.47. The summed E-state index contributed by atoms with van der Waals surface area (Å²) >= 11 is 11.8. The Morgan fingerprint density at radius 3 is 2.41 bits per heavy atom. The minimum atomic E-state index is -0.329. The summed E-state index contributed by atoms with van der Waals surface area (Å²) in [6.45, 7) is 0. The molecule has 0 radical (unpaired) electrons. The molecule has 0 spiro atoms. The predicted octanol–water partition coefficient (Wildman–Crippen LogP) is 4.12. The molecule has 1 aliphatic rings. The molecule has 0 bridgehead atoms. The molecule has 1 heterocycles. The zero-order valence-corrected chi connectivity index (χ0v) is 13.1. The Bertz CT molecular complexity index is 731. The van der Waals surface area contributed by atoms with Crippen molar-refractivity contribution in [2.24, 2.45) is 5.92 Å². The number of amides is 2. The molecule has 0 unspecified atom stereocenters. The monoisotopic (exact) mass is 333 g/mol. The minimum absolute atomic E-state index is 0.188. The standard InChI is InChI=1S/C17H13Cl2NO2/c18-14-7-6-13(10-15(14)19)20-16(21)9-12(17(20)22)8-11-4-2-1-3-5-11/h1-7,10,12H,8-9H2/t12-/m0/s1. The summed E-state index contributed by atoms with van der Waals surface area (Å²) in [5, 5.41) is 0.719. The third kappa shape index (κ3) is 2.87. The Kier molecular flexibility index (Phi) is 4.19. The molecule has 0 N–H and O–H groups in total. The van der Waals surface area contributed by atoms with Crippen molar-refractivity contribution in [3.8, 4) is 0 Å². The van der Waals surface area contributed by atoms with Crippen LogP contribution in [-0.2, 0) is 16.0 Å². The van der Waals surface area contributed by atoms with Gasteiger partial charge in [0.2, 0.25) is 11.8 Å². The van der Waals surface area contributed by atoms with Gasteiger partial charge in [0.25, 0.3) is 0 Å². The first kappa shape index (κ1) is 15.1. The van der Waals surface area contributed by atoms with Gasteiger partial charge in [-0.2, -0.15) is 0 Å². The molecular weight excluding hydrogens is 321 g/mol. The molecule has 22 heavy (non-hydrogen) atoms. The zero-order valence-electron chi connectivity index (χ0n) is 11.6. The lowest BCUT2D eigenvalue weighted by Gasteiger charge is -2.15. The van der Waals surface area contributed by atoms with Crippen molar-refractivity contribution in [1.29, 1.82) is 0 Å². The number of carbonyl (C=O) groups is 2. The molecule has 2 aromatic rings. The number of rotatable bonds is 3. The number of benzene rings is 2. The van der Waals surface area contributed by atoms with Crippen LogP contribution in [0.2, 0.25) is 10.0 Å². The summed E-state index contributed by atoms with van der Waals surface area (Å²) in [6, 6.07) is 14.5. The molecule has 112 valence electrons. The van der Waals surface area contributed by atoms with Gasteiger partial charge in [0, 0.05) is 6.42 Å². The fraction of sp³-hybridized carbons (Fsp3) is 0.176. The molecule has 2 amide bonds. The number of anilines is 1. The number of carbonyl (C=O) groups excluding carboxylic acids is 2. The fourth-order valence-corrected chi connectivity index (χ4v) is 2.94. The quantitative estimate of drug-likeness (QED) is 0.792. The van der Waals surface area contributed by atoms with Crippen LogP contribution in [0.25, 0.3) is 0 Å². The number of hydrogen-bond donors (Lipinski definition) is 0. The Balaban J connectivity index is 1.83. The van der Waals surface area contributed by atoms with Gasteiger partial charge in [0.1, 0.15) is 0 Å². The van der Waals surface area contributed by atoms with Gasteiger partial charge < -0.3 is 0 Å². The summed E-state index contributed by atoms with van der Waals surface area (Å²) in [5.41, 5.74) is 1.52. The summed E-state index contributed by atoms with van der Waals surface area (Å²) in [7, 11) is 0. The van der Waals surface area contributed by atoms with Crippen molar-refractivity contribution in [3.05, 3.63) is 64.1 Å². The van der Waals surface area contributed by atoms with Gasteiger partial charge in [-0.25, -0.2) is 0 Å². The molecule has 0 saturated carbocycles. The van der Waals surface area contributed by atoms with E-state index in [1.807, 2.05) is 30.3 Å². The molecule has 1 saturated heterocycles. The lowest BCUT2D eigenvalue weighted by Crippen LogP contribution is -2.30. The van der Waals surface area contributed by atoms with Crippen LogP contribution in [0.5, 0.6) is 0 Å². The van der Waals surface area contributed by atoms with Crippen molar-refractivity contribution in [2.75, 3.05) is 4.90 Å². The van der Waals surface area contributed by atoms with E-state index in [9.17, 15) is 9.59 Å². The van der Waals surface area contributed by atoms with Gasteiger partial charge in [-0.3, -0.25) is 14.5 Å². The molecule has 2 aromatic carbocycles. The summed E-state index contributed by atoms with van der Waals surface area (Å²) in [4.78, 5) is 26.0. The smallest absolute Gasteiger partial charge is 0.237 e. The first-order valence-electron chi connectivity index (χ1n) is 6.92. The molecule has 0 aromatic heterocycles. The molecule has 3 nitrogen and oxygen atoms in total. The summed E-state index contributed by atoms with van der Waals surface area (Å²) in [5.74, 6) is -0.721. The van der Waals surface area contributed by atoms with Crippen molar-refractivity contribution in [1.82, 2.24) is 0 Å². The van der Waals surface area contributed by atoms with E-state index in [0.29, 0.717) is 22.2 Å². The van der Waals surface area contributed by atoms with Crippen molar-refractivity contribution in [2.45, 2.75) is 12.8 Å². The normalized spacial score (nSPS) is 18.1. The average molecular weight is 334 g/mol. The van der Waals surface area contributed by atoms with E-state index in [1.165, 1.54) is 4.90 Å². The first-order chi connectivity index (χ1) is 10.6. The highest BCUT2D eigenvalue weighted by atomic mass is 35.5. The Morgan fingerprint density at radius 2 is 1.73 bits per heavy atom. The lowest BCUT2D eigenvalue weighted by atomic mass is 9.98. The van der Waals surface area contributed by atoms with Gasteiger partial charge >= 0.3 is 0 Å². The van der Waals surface area contributed by atoms with Crippen molar-refractivity contribution < 1.29 is 9.59 Å². The Hall–Kier alpha value is -1.84. The second kappa shape index (κ2) is 6.11. The van der Waals surface area contributed by atoms with E-state index in [4.69, 9.17) is 23.2 Å². The fourth-order valence-electron chi connectivity index (χ4n) is 2.65. The average Bonchev–Trinajstić information content (AvgIpc) is 2.78. The van der Waals surface area contributed by atoms with Gasteiger partial charge in [-0.1, -0.05) is 53.5 Å². The zero-order chi connectivity index (χ0) is 15.7. The SMILES string of the molecule is O=C1C[C@H](Cc2ccccc2)C(=O)N1c1ccc(Cl)c(Cl)c1. The van der Waals surface area contributed by atoms with Crippen LogP contribution in [0.3, 0.4) is 0 Å². The molecule has 3 rings (SSSR count). The van der Waals surface area contributed by atoms with Gasteiger partial charge in [0.15, 0.2) is 0 Å². The Labute approximate surface area is 138 Å². The predicted molar refractivity (Wildman–Crippen MR) is 87.2 cm³/mol. The third-order valence-electron chi connectivity index (χ3n) is 3.73. The van der Waals surface area contributed by atoms with Crippen LogP contribution in [0.4, 0.5) is 5.69 Å². The Morgan fingerprint density at radius 1 is 1.00 bits per heavy atom. The number of nitrogens with zero attached hydrogens (tertiary/aromatic N) is 1. The summed E-state index contributed by atoms with van der Waals surface area (Å²) in [6.07, 6.45) is 0.775. The summed E-state index contributed by atoms with van der Waals surface area (Å²) < 4.78 is 0. The van der Waals surface area contributed by atoms with Crippen LogP contribution in [-0.4, -0.2) is 11.8 Å². The van der Waals surface area contributed by atoms with Crippen molar-refractivity contribution in [3.63, 3.8) is 0 Å². The highest BCUT2D eigenvalue weighted by molar-refractivity contribution is 6.42. The van der Waals surface area contributed by atoms with E-state index in [1.54, 1.807) is 18.2 Å².